The molecular weight excluding hydrogens is 362 g/mol. The maximum Gasteiger partial charge on any atom is 0.323 e. The van der Waals surface area contributed by atoms with Gasteiger partial charge in [0.15, 0.2) is 11.5 Å². The summed E-state index contributed by atoms with van der Waals surface area (Å²) >= 11 is 1.70. The van der Waals surface area contributed by atoms with Gasteiger partial charge in [0.05, 0.1) is 27.4 Å². The van der Waals surface area contributed by atoms with Gasteiger partial charge in [-0.05, 0) is 52.1 Å². The quantitative estimate of drug-likeness (QED) is 0.697. The molecule has 1 aromatic heterocycles. The van der Waals surface area contributed by atoms with E-state index in [4.69, 9.17) is 14.2 Å². The van der Waals surface area contributed by atoms with E-state index in [9.17, 15) is 4.79 Å². The predicted molar refractivity (Wildman–Crippen MR) is 106 cm³/mol. The molecule has 1 aliphatic heterocycles. The van der Waals surface area contributed by atoms with Gasteiger partial charge in [-0.15, -0.1) is 11.3 Å². The SMILES string of the molecule is COC(=O)[C@@H]1Cc2cc(OC)c(OC)cc2[C@H](c2csc3ccccc23)N1. The van der Waals surface area contributed by atoms with Crippen LogP contribution in [0.3, 0.4) is 0 Å². The third kappa shape index (κ3) is 3.05. The Morgan fingerprint density at radius 1 is 1.07 bits per heavy atom. The van der Waals surface area contributed by atoms with E-state index < -0.39 is 6.04 Å². The van der Waals surface area contributed by atoms with Gasteiger partial charge in [0.2, 0.25) is 0 Å². The molecule has 0 spiro atoms. The average molecular weight is 383 g/mol. The van der Waals surface area contributed by atoms with Crippen molar-refractivity contribution < 1.29 is 19.0 Å². The molecule has 1 aliphatic rings. The first kappa shape index (κ1) is 17.8. The maximum atomic E-state index is 12.3. The van der Waals surface area contributed by atoms with Crippen LogP contribution in [-0.4, -0.2) is 33.3 Å². The lowest BCUT2D eigenvalue weighted by Gasteiger charge is -2.32. The standard InChI is InChI=1S/C21H21NO4S/c1-24-17-9-12-8-16(21(23)26-3)22-20(14(12)10-18(17)25-2)15-11-27-19-7-5-4-6-13(15)19/h4-7,9-11,16,20,22H,8H2,1-3H3/t16-,20+/m0/s1. The van der Waals surface area contributed by atoms with Crippen LogP contribution in [-0.2, 0) is 16.0 Å². The first-order valence-corrected chi connectivity index (χ1v) is 9.59. The van der Waals surface area contributed by atoms with Crippen LogP contribution in [0.1, 0.15) is 22.7 Å². The molecule has 0 radical (unpaired) electrons. The normalized spacial score (nSPS) is 18.8. The van der Waals surface area contributed by atoms with E-state index in [1.54, 1.807) is 25.6 Å². The molecule has 4 rings (SSSR count). The van der Waals surface area contributed by atoms with Gasteiger partial charge in [-0.1, -0.05) is 18.2 Å². The maximum absolute atomic E-state index is 12.3. The molecule has 2 aromatic carbocycles. The summed E-state index contributed by atoms with van der Waals surface area (Å²) in [7, 11) is 4.67. The molecule has 1 N–H and O–H groups in total. The minimum Gasteiger partial charge on any atom is -0.493 e. The number of thiophene rings is 1. The van der Waals surface area contributed by atoms with Crippen molar-refractivity contribution in [3.05, 3.63) is 58.5 Å². The Labute approximate surface area is 161 Å². The second-order valence-electron chi connectivity index (χ2n) is 6.47. The van der Waals surface area contributed by atoms with Crippen LogP contribution in [0.5, 0.6) is 11.5 Å². The Morgan fingerprint density at radius 3 is 2.56 bits per heavy atom. The van der Waals surface area contributed by atoms with Crippen LogP contribution >= 0.6 is 11.3 Å². The number of carbonyl (C=O) groups excluding carboxylic acids is 1. The summed E-state index contributed by atoms with van der Waals surface area (Å²) < 4.78 is 17.2. The number of hydrogen-bond acceptors (Lipinski definition) is 6. The van der Waals surface area contributed by atoms with Crippen molar-refractivity contribution in [2.24, 2.45) is 0 Å². The molecule has 0 fully saturated rings. The number of nitrogens with one attached hydrogen (secondary N) is 1. The zero-order chi connectivity index (χ0) is 19.0. The van der Waals surface area contributed by atoms with E-state index in [0.717, 1.165) is 16.7 Å². The van der Waals surface area contributed by atoms with Gasteiger partial charge in [0.1, 0.15) is 6.04 Å². The van der Waals surface area contributed by atoms with E-state index in [0.29, 0.717) is 17.9 Å². The Hall–Kier alpha value is -2.57. The Bertz CT molecular complexity index is 997. The summed E-state index contributed by atoms with van der Waals surface area (Å²) in [6.07, 6.45) is 0.543. The van der Waals surface area contributed by atoms with Crippen molar-refractivity contribution in [1.82, 2.24) is 5.32 Å². The third-order valence-corrected chi connectivity index (χ3v) is 6.04. The fourth-order valence-electron chi connectivity index (χ4n) is 3.72. The Balaban J connectivity index is 1.89. The molecule has 0 saturated heterocycles. The van der Waals surface area contributed by atoms with E-state index in [1.165, 1.54) is 17.2 Å². The van der Waals surface area contributed by atoms with Crippen LogP contribution in [0.15, 0.2) is 41.8 Å². The molecule has 27 heavy (non-hydrogen) atoms. The van der Waals surface area contributed by atoms with Gasteiger partial charge in [-0.3, -0.25) is 10.1 Å². The van der Waals surface area contributed by atoms with E-state index in [-0.39, 0.29) is 12.0 Å². The zero-order valence-corrected chi connectivity index (χ0v) is 16.3. The molecule has 0 unspecified atom stereocenters. The summed E-state index contributed by atoms with van der Waals surface area (Å²) in [6, 6.07) is 11.7. The van der Waals surface area contributed by atoms with E-state index >= 15 is 0 Å². The topological polar surface area (TPSA) is 56.8 Å². The van der Waals surface area contributed by atoms with Crippen molar-refractivity contribution in [1.29, 1.82) is 0 Å². The molecule has 2 atom stereocenters. The van der Waals surface area contributed by atoms with Gasteiger partial charge >= 0.3 is 5.97 Å². The Kier molecular flexibility index (Phi) is 4.76. The van der Waals surface area contributed by atoms with Crippen LogP contribution < -0.4 is 14.8 Å². The van der Waals surface area contributed by atoms with Gasteiger partial charge in [0, 0.05) is 4.70 Å². The highest BCUT2D eigenvalue weighted by Gasteiger charge is 2.34. The lowest BCUT2D eigenvalue weighted by molar-refractivity contribution is -0.143. The lowest BCUT2D eigenvalue weighted by atomic mass is 9.86. The molecule has 0 saturated carbocycles. The number of esters is 1. The fourth-order valence-corrected chi connectivity index (χ4v) is 4.71. The van der Waals surface area contributed by atoms with Crippen molar-refractivity contribution in [3.8, 4) is 11.5 Å². The average Bonchev–Trinajstić information content (AvgIpc) is 3.15. The summed E-state index contributed by atoms with van der Waals surface area (Å²) in [5, 5.41) is 6.82. The van der Waals surface area contributed by atoms with Crippen LogP contribution in [0.4, 0.5) is 0 Å². The molecule has 0 amide bonds. The molecule has 0 aliphatic carbocycles. The number of carbonyl (C=O) groups is 1. The van der Waals surface area contributed by atoms with Crippen LogP contribution in [0.25, 0.3) is 10.1 Å². The number of ether oxygens (including phenoxy) is 3. The van der Waals surface area contributed by atoms with Crippen molar-refractivity contribution in [3.63, 3.8) is 0 Å². The molecule has 5 nitrogen and oxygen atoms in total. The largest absolute Gasteiger partial charge is 0.493 e. The number of rotatable bonds is 4. The Morgan fingerprint density at radius 2 is 1.81 bits per heavy atom. The highest BCUT2D eigenvalue weighted by atomic mass is 32.1. The number of hydrogen-bond donors (Lipinski definition) is 1. The minimum absolute atomic E-state index is 0.131. The van der Waals surface area contributed by atoms with Crippen molar-refractivity contribution in [2.75, 3.05) is 21.3 Å². The summed E-state index contributed by atoms with van der Waals surface area (Å²) in [5.41, 5.74) is 3.30. The molecular formula is C21H21NO4S. The third-order valence-electron chi connectivity index (χ3n) is 5.06. The number of benzene rings is 2. The summed E-state index contributed by atoms with van der Waals surface area (Å²) in [5.74, 6) is 1.08. The lowest BCUT2D eigenvalue weighted by Crippen LogP contribution is -2.45. The van der Waals surface area contributed by atoms with Crippen molar-refractivity contribution >= 4 is 27.4 Å². The molecule has 2 heterocycles. The smallest absolute Gasteiger partial charge is 0.323 e. The van der Waals surface area contributed by atoms with Gasteiger partial charge in [-0.2, -0.15) is 0 Å². The van der Waals surface area contributed by atoms with Crippen LogP contribution in [0.2, 0.25) is 0 Å². The molecule has 6 heteroatoms. The molecule has 140 valence electrons. The summed E-state index contributed by atoms with van der Waals surface area (Å²) in [4.78, 5) is 12.3. The molecule has 0 bridgehead atoms. The monoisotopic (exact) mass is 383 g/mol. The zero-order valence-electron chi connectivity index (χ0n) is 15.4. The van der Waals surface area contributed by atoms with Gasteiger partial charge in [0.25, 0.3) is 0 Å². The van der Waals surface area contributed by atoms with E-state index in [2.05, 4.69) is 22.8 Å². The van der Waals surface area contributed by atoms with Gasteiger partial charge in [-0.25, -0.2) is 0 Å². The first-order chi connectivity index (χ1) is 13.2. The fraction of sp³-hybridized carbons (Fsp3) is 0.286. The predicted octanol–water partition coefficient (Wildman–Crippen LogP) is 3.70. The van der Waals surface area contributed by atoms with Crippen molar-refractivity contribution in [2.45, 2.75) is 18.5 Å². The van der Waals surface area contributed by atoms with Crippen LogP contribution in [0, 0.1) is 0 Å². The highest BCUT2D eigenvalue weighted by Crippen LogP contribution is 2.41. The van der Waals surface area contributed by atoms with E-state index in [1.807, 2.05) is 24.3 Å². The second kappa shape index (κ2) is 7.21. The van der Waals surface area contributed by atoms with Gasteiger partial charge < -0.3 is 14.2 Å². The second-order valence-corrected chi connectivity index (χ2v) is 7.38. The first-order valence-electron chi connectivity index (χ1n) is 8.71. The highest BCUT2D eigenvalue weighted by molar-refractivity contribution is 7.17. The number of methoxy groups -OCH3 is 3. The number of fused-ring (bicyclic) bond motifs is 2. The molecule has 3 aromatic rings. The minimum atomic E-state index is -0.413. The summed E-state index contributed by atoms with van der Waals surface area (Å²) in [6.45, 7) is 0.